The monoisotopic (exact) mass is 391 g/mol. The Hall–Kier alpha value is -1.91. The smallest absolute Gasteiger partial charge is 0.224 e. The Morgan fingerprint density at radius 2 is 1.81 bits per heavy atom. The van der Waals surface area contributed by atoms with Gasteiger partial charge in [0.1, 0.15) is 0 Å². The molecule has 0 spiro atoms. The van der Waals surface area contributed by atoms with Crippen LogP contribution in [-0.4, -0.2) is 43.5 Å². The fourth-order valence-corrected chi connectivity index (χ4v) is 3.51. The van der Waals surface area contributed by atoms with E-state index in [0.717, 1.165) is 31.9 Å². The van der Waals surface area contributed by atoms with Crippen LogP contribution in [0.15, 0.2) is 42.5 Å². The minimum Gasteiger partial charge on any atom is -0.383 e. The molecule has 0 bridgehead atoms. The van der Waals surface area contributed by atoms with Gasteiger partial charge in [-0.05, 0) is 36.8 Å². The molecule has 6 heteroatoms. The van der Waals surface area contributed by atoms with Gasteiger partial charge in [0.15, 0.2) is 0 Å². The standard InChI is InChI=1S/C20H23Cl2N3O/c1-15-4-2-5-16(14-15)24-10-12-25(13-11-24)19(26)8-9-23-18-7-3-6-17(21)20(18)22/h2-7,14,23H,8-13H2,1H3. The summed E-state index contributed by atoms with van der Waals surface area (Å²) in [5.74, 6) is 0.166. The van der Waals surface area contributed by atoms with E-state index in [4.69, 9.17) is 23.2 Å². The third-order valence-electron chi connectivity index (χ3n) is 4.61. The lowest BCUT2D eigenvalue weighted by Gasteiger charge is -2.36. The van der Waals surface area contributed by atoms with Crippen LogP contribution in [0.4, 0.5) is 11.4 Å². The van der Waals surface area contributed by atoms with Crippen molar-refractivity contribution >= 4 is 40.5 Å². The number of amides is 1. The second kappa shape index (κ2) is 8.65. The maximum atomic E-state index is 12.4. The molecule has 3 rings (SSSR count). The van der Waals surface area contributed by atoms with Crippen molar-refractivity contribution in [1.82, 2.24) is 4.90 Å². The fraction of sp³-hybridized carbons (Fsp3) is 0.350. The molecular weight excluding hydrogens is 369 g/mol. The molecule has 0 aromatic heterocycles. The number of nitrogens with one attached hydrogen (secondary N) is 1. The molecule has 1 amide bonds. The minimum atomic E-state index is 0.166. The van der Waals surface area contributed by atoms with Gasteiger partial charge in [-0.25, -0.2) is 0 Å². The summed E-state index contributed by atoms with van der Waals surface area (Å²) in [6.45, 7) is 5.88. The number of carbonyl (C=O) groups is 1. The van der Waals surface area contributed by atoms with Crippen molar-refractivity contribution in [2.45, 2.75) is 13.3 Å². The van der Waals surface area contributed by atoms with Crippen LogP contribution in [0.25, 0.3) is 0 Å². The van der Waals surface area contributed by atoms with Crippen molar-refractivity contribution in [2.75, 3.05) is 42.9 Å². The SMILES string of the molecule is Cc1cccc(N2CCN(C(=O)CCNc3cccc(Cl)c3Cl)CC2)c1. The highest BCUT2D eigenvalue weighted by molar-refractivity contribution is 6.43. The van der Waals surface area contributed by atoms with Crippen LogP contribution in [0.5, 0.6) is 0 Å². The number of nitrogens with zero attached hydrogens (tertiary/aromatic N) is 2. The Balaban J connectivity index is 1.46. The third-order valence-corrected chi connectivity index (χ3v) is 5.42. The van der Waals surface area contributed by atoms with Crippen molar-refractivity contribution in [1.29, 1.82) is 0 Å². The molecule has 1 heterocycles. The number of aryl methyl sites for hydroxylation is 1. The molecule has 0 aliphatic carbocycles. The lowest BCUT2D eigenvalue weighted by Crippen LogP contribution is -2.49. The zero-order valence-electron chi connectivity index (χ0n) is 14.8. The minimum absolute atomic E-state index is 0.166. The number of halogens is 2. The zero-order valence-corrected chi connectivity index (χ0v) is 16.4. The van der Waals surface area contributed by atoms with E-state index in [9.17, 15) is 4.79 Å². The normalized spacial score (nSPS) is 14.4. The molecule has 138 valence electrons. The highest BCUT2D eigenvalue weighted by atomic mass is 35.5. The van der Waals surface area contributed by atoms with E-state index in [1.54, 1.807) is 6.07 Å². The van der Waals surface area contributed by atoms with Crippen molar-refractivity contribution in [3.63, 3.8) is 0 Å². The van der Waals surface area contributed by atoms with Crippen LogP contribution in [0.2, 0.25) is 10.0 Å². The predicted molar refractivity (Wildman–Crippen MR) is 110 cm³/mol. The maximum absolute atomic E-state index is 12.4. The molecule has 1 N–H and O–H groups in total. The summed E-state index contributed by atoms with van der Waals surface area (Å²) >= 11 is 12.1. The second-order valence-corrected chi connectivity index (χ2v) is 7.27. The first-order chi connectivity index (χ1) is 12.5. The Morgan fingerprint density at radius 1 is 1.08 bits per heavy atom. The Bertz CT molecular complexity index is 773. The number of carbonyl (C=O) groups excluding carboxylic acids is 1. The largest absolute Gasteiger partial charge is 0.383 e. The average molecular weight is 392 g/mol. The van der Waals surface area contributed by atoms with E-state index in [1.165, 1.54) is 11.3 Å². The fourth-order valence-electron chi connectivity index (χ4n) is 3.14. The van der Waals surface area contributed by atoms with E-state index in [-0.39, 0.29) is 5.91 Å². The van der Waals surface area contributed by atoms with Crippen molar-refractivity contribution < 1.29 is 4.79 Å². The molecule has 0 radical (unpaired) electrons. The number of rotatable bonds is 5. The van der Waals surface area contributed by atoms with Crippen LogP contribution in [0.1, 0.15) is 12.0 Å². The highest BCUT2D eigenvalue weighted by Gasteiger charge is 2.21. The summed E-state index contributed by atoms with van der Waals surface area (Å²) in [5.41, 5.74) is 3.25. The van der Waals surface area contributed by atoms with Gasteiger partial charge in [0.25, 0.3) is 0 Å². The van der Waals surface area contributed by atoms with Gasteiger partial charge in [-0.1, -0.05) is 41.4 Å². The lowest BCUT2D eigenvalue weighted by molar-refractivity contribution is -0.131. The van der Waals surface area contributed by atoms with Gasteiger partial charge in [-0.15, -0.1) is 0 Å². The van der Waals surface area contributed by atoms with Gasteiger partial charge in [-0.3, -0.25) is 4.79 Å². The zero-order chi connectivity index (χ0) is 18.5. The molecule has 0 atom stereocenters. The topological polar surface area (TPSA) is 35.6 Å². The van der Waals surface area contributed by atoms with Crippen molar-refractivity contribution in [3.8, 4) is 0 Å². The van der Waals surface area contributed by atoms with Crippen LogP contribution < -0.4 is 10.2 Å². The summed E-state index contributed by atoms with van der Waals surface area (Å²) in [4.78, 5) is 16.7. The number of hydrogen-bond acceptors (Lipinski definition) is 3. The molecule has 4 nitrogen and oxygen atoms in total. The second-order valence-electron chi connectivity index (χ2n) is 6.48. The molecule has 1 fully saturated rings. The van der Waals surface area contributed by atoms with Gasteiger partial charge >= 0.3 is 0 Å². The van der Waals surface area contributed by atoms with Crippen molar-refractivity contribution in [3.05, 3.63) is 58.1 Å². The van der Waals surface area contributed by atoms with E-state index >= 15 is 0 Å². The summed E-state index contributed by atoms with van der Waals surface area (Å²) in [5, 5.41) is 4.19. The Labute approximate surface area is 164 Å². The molecule has 26 heavy (non-hydrogen) atoms. The number of piperazine rings is 1. The first kappa shape index (κ1) is 18.9. The first-order valence-corrected chi connectivity index (χ1v) is 9.57. The molecule has 2 aromatic carbocycles. The van der Waals surface area contributed by atoms with Gasteiger partial charge in [0.05, 0.1) is 15.7 Å². The molecular formula is C20H23Cl2N3O. The highest BCUT2D eigenvalue weighted by Crippen LogP contribution is 2.29. The average Bonchev–Trinajstić information content (AvgIpc) is 2.65. The van der Waals surface area contributed by atoms with Crippen LogP contribution in [0, 0.1) is 6.92 Å². The quantitative estimate of drug-likeness (QED) is 0.817. The van der Waals surface area contributed by atoms with Gasteiger partial charge < -0.3 is 15.1 Å². The molecule has 1 aliphatic rings. The number of anilines is 2. The summed E-state index contributed by atoms with van der Waals surface area (Å²) in [7, 11) is 0. The van der Waals surface area contributed by atoms with Gasteiger partial charge in [-0.2, -0.15) is 0 Å². The summed E-state index contributed by atoms with van der Waals surface area (Å²) in [6.07, 6.45) is 0.438. The number of hydrogen-bond donors (Lipinski definition) is 1. The van der Waals surface area contributed by atoms with E-state index in [1.807, 2.05) is 17.0 Å². The molecule has 1 saturated heterocycles. The predicted octanol–water partition coefficient (Wildman–Crippen LogP) is 4.45. The lowest BCUT2D eigenvalue weighted by atomic mass is 10.2. The molecule has 2 aromatic rings. The van der Waals surface area contributed by atoms with Crippen LogP contribution in [0.3, 0.4) is 0 Å². The van der Waals surface area contributed by atoms with Crippen molar-refractivity contribution in [2.24, 2.45) is 0 Å². The Kier molecular flexibility index (Phi) is 6.28. The van der Waals surface area contributed by atoms with Crippen LogP contribution in [-0.2, 0) is 4.79 Å². The van der Waals surface area contributed by atoms with E-state index in [2.05, 4.69) is 41.4 Å². The van der Waals surface area contributed by atoms with E-state index in [0.29, 0.717) is 23.0 Å². The molecule has 0 saturated carbocycles. The van der Waals surface area contributed by atoms with Gasteiger partial charge in [0.2, 0.25) is 5.91 Å². The first-order valence-electron chi connectivity index (χ1n) is 8.82. The Morgan fingerprint density at radius 3 is 2.54 bits per heavy atom. The number of benzene rings is 2. The third kappa shape index (κ3) is 4.63. The van der Waals surface area contributed by atoms with E-state index < -0.39 is 0 Å². The molecule has 0 unspecified atom stereocenters. The maximum Gasteiger partial charge on any atom is 0.224 e. The van der Waals surface area contributed by atoms with Gasteiger partial charge in [0, 0.05) is 44.8 Å². The molecule has 1 aliphatic heterocycles. The summed E-state index contributed by atoms with van der Waals surface area (Å²) in [6, 6.07) is 13.9. The summed E-state index contributed by atoms with van der Waals surface area (Å²) < 4.78 is 0. The van der Waals surface area contributed by atoms with Crippen LogP contribution >= 0.6 is 23.2 Å².